The van der Waals surface area contributed by atoms with Gasteiger partial charge in [0.2, 0.25) is 0 Å². The third-order valence-corrected chi connectivity index (χ3v) is 3.23. The second-order valence-electron chi connectivity index (χ2n) is 6.52. The van der Waals surface area contributed by atoms with E-state index in [-0.39, 0.29) is 18.8 Å². The molecular weight excluding hydrogens is 341 g/mol. The number of alkyl carbamates (subject to hydrolysis) is 1. The number of hydrogen-bond donors (Lipinski definition) is 1. The molecule has 2 amide bonds. The Hall–Kier alpha value is -2.29. The minimum atomic E-state index is -4.52. The molecule has 1 heterocycles. The van der Waals surface area contributed by atoms with Gasteiger partial charge in [0.1, 0.15) is 0 Å². The highest BCUT2D eigenvalue weighted by Crippen LogP contribution is 2.32. The number of alkyl halides is 3. The Morgan fingerprint density at radius 3 is 2.60 bits per heavy atom. The van der Waals surface area contributed by atoms with Gasteiger partial charge in [-0.05, 0) is 39.0 Å². The number of carbonyl (C=O) groups is 2. The van der Waals surface area contributed by atoms with Crippen LogP contribution in [0.15, 0.2) is 24.3 Å². The van der Waals surface area contributed by atoms with Crippen LogP contribution in [0.2, 0.25) is 0 Å². The second-order valence-corrected chi connectivity index (χ2v) is 6.52. The van der Waals surface area contributed by atoms with Crippen molar-refractivity contribution in [2.75, 3.05) is 18.1 Å². The average molecular weight is 360 g/mol. The summed E-state index contributed by atoms with van der Waals surface area (Å²) >= 11 is 0. The zero-order chi connectivity index (χ0) is 18.8. The van der Waals surface area contributed by atoms with Gasteiger partial charge in [0.05, 0.1) is 12.2 Å². The molecule has 2 rings (SSSR count). The number of rotatable bonds is 2. The molecule has 0 aromatic heterocycles. The molecule has 0 aliphatic carbocycles. The second kappa shape index (κ2) is 6.91. The van der Waals surface area contributed by atoms with E-state index in [4.69, 9.17) is 9.47 Å². The molecular formula is C16H19F3N2O4. The van der Waals surface area contributed by atoms with Gasteiger partial charge < -0.3 is 19.7 Å². The van der Waals surface area contributed by atoms with E-state index in [1.807, 2.05) is 0 Å². The Morgan fingerprint density at radius 2 is 2.00 bits per heavy atom. The lowest BCUT2D eigenvalue weighted by molar-refractivity contribution is -0.162. The highest BCUT2D eigenvalue weighted by Gasteiger charge is 2.36. The first-order valence-electron chi connectivity index (χ1n) is 7.56. The zero-order valence-corrected chi connectivity index (χ0v) is 14.0. The quantitative estimate of drug-likeness (QED) is 0.881. The Kier molecular flexibility index (Phi) is 5.26. The Labute approximate surface area is 142 Å². The van der Waals surface area contributed by atoms with E-state index in [9.17, 15) is 22.8 Å². The third-order valence-electron chi connectivity index (χ3n) is 3.23. The summed E-state index contributed by atoms with van der Waals surface area (Å²) in [6.07, 6.45) is -6.88. The van der Waals surface area contributed by atoms with E-state index in [1.165, 1.54) is 12.1 Å². The summed E-state index contributed by atoms with van der Waals surface area (Å²) in [5.74, 6) is -0.741. The van der Waals surface area contributed by atoms with E-state index >= 15 is 0 Å². The van der Waals surface area contributed by atoms with Gasteiger partial charge in [-0.15, -0.1) is 0 Å². The minimum absolute atomic E-state index is 0.0233. The lowest BCUT2D eigenvalue weighted by Gasteiger charge is -2.32. The number of amides is 2. The number of ether oxygens (including phenoxy) is 2. The highest BCUT2D eigenvalue weighted by molar-refractivity contribution is 5.97. The minimum Gasteiger partial charge on any atom is -0.410 e. The summed E-state index contributed by atoms with van der Waals surface area (Å²) in [6.45, 7) is 5.27. The molecule has 1 N–H and O–H groups in total. The summed E-state index contributed by atoms with van der Waals surface area (Å²) in [4.78, 5) is 25.3. The maximum Gasteiger partial charge on any atom is 0.416 e. The Balaban J connectivity index is 2.13. The first kappa shape index (κ1) is 19.0. The fourth-order valence-electron chi connectivity index (χ4n) is 2.18. The number of halogens is 3. The van der Waals surface area contributed by atoms with Crippen molar-refractivity contribution in [3.63, 3.8) is 0 Å². The topological polar surface area (TPSA) is 67.9 Å². The monoisotopic (exact) mass is 360 g/mol. The smallest absolute Gasteiger partial charge is 0.410 e. The van der Waals surface area contributed by atoms with Crippen LogP contribution in [0, 0.1) is 0 Å². The summed E-state index contributed by atoms with van der Waals surface area (Å²) in [5.41, 5.74) is -1.38. The summed E-state index contributed by atoms with van der Waals surface area (Å²) in [6, 6.07) is 4.38. The van der Waals surface area contributed by atoms with E-state index in [2.05, 4.69) is 5.32 Å². The molecule has 1 atom stereocenters. The summed E-state index contributed by atoms with van der Waals surface area (Å²) in [5, 5.41) is 2.51. The van der Waals surface area contributed by atoms with Crippen LogP contribution < -0.4 is 10.2 Å². The average Bonchev–Trinajstić information content (AvgIpc) is 2.47. The normalized spacial score (nSPS) is 18.9. The Bertz CT molecular complexity index is 656. The lowest BCUT2D eigenvalue weighted by Crippen LogP contribution is -2.52. The van der Waals surface area contributed by atoms with E-state index in [0.717, 1.165) is 17.0 Å². The van der Waals surface area contributed by atoms with Crippen LogP contribution in [0.4, 0.5) is 23.7 Å². The van der Waals surface area contributed by atoms with Gasteiger partial charge in [-0.2, -0.15) is 13.2 Å². The van der Waals surface area contributed by atoms with E-state index in [1.54, 1.807) is 20.8 Å². The first-order chi connectivity index (χ1) is 11.5. The third kappa shape index (κ3) is 5.09. The molecule has 1 unspecified atom stereocenters. The van der Waals surface area contributed by atoms with Crippen molar-refractivity contribution in [2.45, 2.75) is 38.8 Å². The number of morpholine rings is 1. The molecule has 0 spiro atoms. The van der Waals surface area contributed by atoms with Crippen LogP contribution in [0.5, 0.6) is 0 Å². The fraction of sp³-hybridized carbons (Fsp3) is 0.500. The summed E-state index contributed by atoms with van der Waals surface area (Å²) < 4.78 is 48.6. The highest BCUT2D eigenvalue weighted by atomic mass is 19.4. The number of nitrogens with one attached hydrogen (secondary N) is 1. The molecule has 1 fully saturated rings. The molecule has 1 aliphatic heterocycles. The molecule has 6 nitrogen and oxygen atoms in total. The van der Waals surface area contributed by atoms with Crippen molar-refractivity contribution in [3.05, 3.63) is 29.8 Å². The van der Waals surface area contributed by atoms with Crippen LogP contribution in [0.1, 0.15) is 26.3 Å². The summed E-state index contributed by atoms with van der Waals surface area (Å²) in [7, 11) is 0. The molecule has 1 saturated heterocycles. The molecule has 1 aromatic carbocycles. The van der Waals surface area contributed by atoms with Crippen molar-refractivity contribution in [1.82, 2.24) is 5.32 Å². The van der Waals surface area contributed by atoms with Crippen LogP contribution in [-0.4, -0.2) is 37.0 Å². The largest absolute Gasteiger partial charge is 0.416 e. The van der Waals surface area contributed by atoms with Crippen molar-refractivity contribution >= 4 is 17.7 Å². The lowest BCUT2D eigenvalue weighted by atomic mass is 10.1. The van der Waals surface area contributed by atoms with E-state index in [0.29, 0.717) is 0 Å². The van der Waals surface area contributed by atoms with Gasteiger partial charge in [0, 0.05) is 17.8 Å². The van der Waals surface area contributed by atoms with Gasteiger partial charge in [-0.3, -0.25) is 4.79 Å². The van der Waals surface area contributed by atoms with Crippen LogP contribution in [0.25, 0.3) is 0 Å². The number of anilines is 1. The predicted octanol–water partition coefficient (Wildman–Crippen LogP) is 2.92. The standard InChI is InChI=1S/C16H19F3N2O4/c1-15(2,3)20-14(23)25-13-12(22)21(7-8-24-13)11-6-4-5-10(9-11)16(17,18)19/h4-6,9,13H,7-8H2,1-3H3,(H,20,23). The van der Waals surface area contributed by atoms with Crippen LogP contribution in [0.3, 0.4) is 0 Å². The van der Waals surface area contributed by atoms with Crippen molar-refractivity contribution < 1.29 is 32.2 Å². The van der Waals surface area contributed by atoms with Gasteiger partial charge in [0.15, 0.2) is 0 Å². The van der Waals surface area contributed by atoms with Crippen LogP contribution >= 0.6 is 0 Å². The van der Waals surface area contributed by atoms with Gasteiger partial charge >= 0.3 is 12.3 Å². The number of hydrogen-bond acceptors (Lipinski definition) is 4. The molecule has 25 heavy (non-hydrogen) atoms. The maximum atomic E-state index is 12.8. The molecule has 0 radical (unpaired) electrons. The fourth-order valence-corrected chi connectivity index (χ4v) is 2.18. The van der Waals surface area contributed by atoms with Gasteiger partial charge in [0.25, 0.3) is 12.2 Å². The molecule has 1 aliphatic rings. The number of carbonyl (C=O) groups excluding carboxylic acids is 2. The molecule has 1 aromatic rings. The predicted molar refractivity (Wildman–Crippen MR) is 82.9 cm³/mol. The zero-order valence-electron chi connectivity index (χ0n) is 14.0. The number of nitrogens with zero attached hydrogens (tertiary/aromatic N) is 1. The van der Waals surface area contributed by atoms with Gasteiger partial charge in [-0.25, -0.2) is 4.79 Å². The van der Waals surface area contributed by atoms with Crippen molar-refractivity contribution in [3.8, 4) is 0 Å². The van der Waals surface area contributed by atoms with Gasteiger partial charge in [-0.1, -0.05) is 6.07 Å². The molecule has 0 saturated carbocycles. The SMILES string of the molecule is CC(C)(C)NC(=O)OC1OCCN(c2cccc(C(F)(F)F)c2)C1=O. The molecule has 9 heteroatoms. The van der Waals surface area contributed by atoms with Crippen molar-refractivity contribution in [2.24, 2.45) is 0 Å². The Morgan fingerprint density at radius 1 is 1.32 bits per heavy atom. The first-order valence-corrected chi connectivity index (χ1v) is 7.56. The maximum absolute atomic E-state index is 12.8. The van der Waals surface area contributed by atoms with E-state index < -0.39 is 35.6 Å². The number of benzene rings is 1. The molecule has 138 valence electrons. The van der Waals surface area contributed by atoms with Crippen molar-refractivity contribution in [1.29, 1.82) is 0 Å². The molecule has 0 bridgehead atoms. The van der Waals surface area contributed by atoms with Crippen LogP contribution in [-0.2, 0) is 20.4 Å².